The number of anilines is 1. The van der Waals surface area contributed by atoms with Gasteiger partial charge in [0.25, 0.3) is 0 Å². The van der Waals surface area contributed by atoms with E-state index in [9.17, 15) is 53.1 Å². The minimum Gasteiger partial charge on any atom is -0.445 e. The average molecular weight is 1300 g/mol. The lowest BCUT2D eigenvalue weighted by atomic mass is 9.85. The first-order chi connectivity index (χ1) is 43.9. The third-order valence-corrected chi connectivity index (χ3v) is 17.8. The molecule has 3 aromatic rings. The Hall–Kier alpha value is -7.64. The Labute approximate surface area is 549 Å². The van der Waals surface area contributed by atoms with Gasteiger partial charge >= 0.3 is 12.1 Å². The summed E-state index contributed by atoms with van der Waals surface area (Å²) in [6.07, 6.45) is 1.48. The molecule has 12 atom stereocenters. The maximum absolute atomic E-state index is 14.8. The zero-order valence-corrected chi connectivity index (χ0v) is 57.3. The number of benzene rings is 2. The second kappa shape index (κ2) is 37.9. The molecule has 1 aliphatic rings. The number of rotatable bonds is 39. The summed E-state index contributed by atoms with van der Waals surface area (Å²) in [6, 6.07) is 10.9. The van der Waals surface area contributed by atoms with E-state index in [-0.39, 0.29) is 92.8 Å². The molecule has 2 aromatic carbocycles. The Morgan fingerprint density at radius 2 is 1.43 bits per heavy atom. The summed E-state index contributed by atoms with van der Waals surface area (Å²) >= 11 is 0. The predicted octanol–water partition coefficient (Wildman–Crippen LogP) is 6.59. The number of ketones is 3. The summed E-state index contributed by atoms with van der Waals surface area (Å²) < 4.78 is 19.1. The second-order valence-corrected chi connectivity index (χ2v) is 26.1. The summed E-state index contributed by atoms with van der Waals surface area (Å²) in [6.45, 7) is 20.0. The van der Waals surface area contributed by atoms with Crippen molar-refractivity contribution in [1.82, 2.24) is 45.6 Å². The number of ether oxygens (including phenoxy) is 3. The van der Waals surface area contributed by atoms with Crippen molar-refractivity contribution in [3.63, 3.8) is 0 Å². The van der Waals surface area contributed by atoms with E-state index in [1.807, 2.05) is 71.9 Å². The SMILES string of the molecule is CC[C@H](C)[C@@H]([C@@H](CC(=O)N1CCC[C@H]1[C@H](OC)[C@@H](C)C(=O)C[C@H](C)[C@@H](O)c1ccccc1)OC)N(C)C(=O)[C@@H](NC(=O)[C@H](C(C)C)N(C)C(=O)OCc1ccc(NC(=O)[C@H](CCCNC(N)=O)CC(=O)[C@@H](NC(=O)Cn2cc(CCC(C)=O)nn2)C(C)C)cc1)C(C)C. The molecule has 8 amide bonds. The summed E-state index contributed by atoms with van der Waals surface area (Å²) in [5, 5.41) is 30.1. The number of hydrogen-bond donors (Lipinski definition) is 6. The van der Waals surface area contributed by atoms with Gasteiger partial charge in [0.1, 0.15) is 36.8 Å². The first-order valence-corrected chi connectivity index (χ1v) is 32.7. The number of methoxy groups -OCH3 is 2. The van der Waals surface area contributed by atoms with Crippen LogP contribution in [0.4, 0.5) is 15.3 Å². The quantitative estimate of drug-likeness (QED) is 0.0328. The van der Waals surface area contributed by atoms with Gasteiger partial charge in [-0.1, -0.05) is 123 Å². The van der Waals surface area contributed by atoms with E-state index >= 15 is 0 Å². The van der Waals surface area contributed by atoms with Gasteiger partial charge in [-0.2, -0.15) is 0 Å². The largest absolute Gasteiger partial charge is 0.445 e. The molecule has 1 aromatic heterocycles. The van der Waals surface area contributed by atoms with Gasteiger partial charge in [-0.25, -0.2) is 14.3 Å². The maximum Gasteiger partial charge on any atom is 0.410 e. The number of aliphatic hydroxyl groups excluding tert-OH is 1. The predicted molar refractivity (Wildman–Crippen MR) is 350 cm³/mol. The van der Waals surface area contributed by atoms with E-state index < -0.39 is 108 Å². The van der Waals surface area contributed by atoms with Crippen LogP contribution >= 0.6 is 0 Å². The number of nitrogens with two attached hydrogens (primary N) is 1. The van der Waals surface area contributed by atoms with E-state index in [0.717, 1.165) is 5.56 Å². The van der Waals surface area contributed by atoms with Gasteiger partial charge in [0, 0.05) is 84.4 Å². The van der Waals surface area contributed by atoms with Crippen molar-refractivity contribution in [1.29, 1.82) is 0 Å². The van der Waals surface area contributed by atoms with Crippen molar-refractivity contribution >= 4 is 64.7 Å². The molecular weight excluding hydrogens is 1190 g/mol. The summed E-state index contributed by atoms with van der Waals surface area (Å²) in [7, 11) is 6.14. The summed E-state index contributed by atoms with van der Waals surface area (Å²) in [4.78, 5) is 140. The van der Waals surface area contributed by atoms with Crippen LogP contribution in [0.1, 0.15) is 157 Å². The number of primary amides is 1. The Morgan fingerprint density at radius 1 is 0.774 bits per heavy atom. The summed E-state index contributed by atoms with van der Waals surface area (Å²) in [5.74, 6) is -5.82. The number of likely N-dealkylation sites (tertiary alicyclic amines) is 1. The van der Waals surface area contributed by atoms with Gasteiger partial charge in [0.15, 0.2) is 5.78 Å². The number of Topliss-reactive ketones (excluding diaryl/α,β-unsaturated/α-hetero) is 3. The minimum absolute atomic E-state index is 0.00604. The number of aryl methyl sites for hydroxylation is 1. The zero-order chi connectivity index (χ0) is 69.4. The van der Waals surface area contributed by atoms with Crippen molar-refractivity contribution < 1.29 is 67.3 Å². The Balaban J connectivity index is 1.40. The third kappa shape index (κ3) is 23.4. The van der Waals surface area contributed by atoms with Crippen molar-refractivity contribution in [2.75, 3.05) is 46.7 Å². The van der Waals surface area contributed by atoms with E-state index in [4.69, 9.17) is 19.9 Å². The standard InChI is InChI=1S/C68H105N11O14/c1-16-43(8)61(55(91-14)36-57(84)79-33-21-25-52(79)63(92-15)46(11)53(81)34-44(9)62(85)48-22-18-17-19-23-48)76(12)66(88)59(41(4)5)73-65(87)60(42(6)7)77(13)68(90)93-39-47-27-30-50(31-28-47)71-64(86)49(24-20-32-70-67(69)89)35-54(82)58(40(2)3)72-56(83)38-78-37-51(74-75-78)29-26-45(10)80/h17-19,22-23,27-28,30-31,37,40-44,46,49,52,55,58-63,85H,16,20-21,24-26,29,32-36,38-39H2,1-15H3,(H,71,86)(H,72,83)(H,73,87)(H3,69,70,89)/t43-,44-,46-,49+,52-,55+,58-,59-,60-,61-,62+,63+/m0/s1. The number of urea groups is 1. The molecule has 1 saturated heterocycles. The highest BCUT2D eigenvalue weighted by Gasteiger charge is 2.44. The first-order valence-electron chi connectivity index (χ1n) is 32.7. The van der Waals surface area contributed by atoms with Crippen molar-refractivity contribution in [3.8, 4) is 0 Å². The highest BCUT2D eigenvalue weighted by molar-refractivity contribution is 5.97. The lowest BCUT2D eigenvalue weighted by Crippen LogP contribution is -2.60. The highest BCUT2D eigenvalue weighted by Crippen LogP contribution is 2.33. The number of likely N-dealkylation sites (N-methyl/N-ethyl adjacent to an activating group) is 2. The van der Waals surface area contributed by atoms with Gasteiger partial charge in [-0.05, 0) is 91.9 Å². The first kappa shape index (κ1) is 77.8. The van der Waals surface area contributed by atoms with Crippen LogP contribution in [0.25, 0.3) is 0 Å². The molecule has 1 aliphatic heterocycles. The fourth-order valence-electron chi connectivity index (χ4n) is 12.2. The molecule has 0 unspecified atom stereocenters. The number of nitrogens with one attached hydrogen (secondary N) is 4. The fourth-order valence-corrected chi connectivity index (χ4v) is 12.2. The zero-order valence-electron chi connectivity index (χ0n) is 57.3. The number of hydrogen-bond acceptors (Lipinski definition) is 16. The third-order valence-electron chi connectivity index (χ3n) is 17.8. The molecule has 1 fully saturated rings. The van der Waals surface area contributed by atoms with Gasteiger partial charge in [0.05, 0.1) is 48.6 Å². The molecule has 2 heterocycles. The Kier molecular flexibility index (Phi) is 31.7. The van der Waals surface area contributed by atoms with Gasteiger partial charge in [-0.3, -0.25) is 38.5 Å². The molecule has 4 rings (SSSR count). The second-order valence-electron chi connectivity index (χ2n) is 26.1. The van der Waals surface area contributed by atoms with Crippen LogP contribution in [-0.4, -0.2) is 178 Å². The van der Waals surface area contributed by atoms with Gasteiger partial charge in [-0.15, -0.1) is 5.10 Å². The number of aliphatic hydroxyl groups is 1. The van der Waals surface area contributed by atoms with Gasteiger partial charge in [0.2, 0.25) is 29.5 Å². The fraction of sp³-hybridized carbons (Fsp3) is 0.647. The molecule has 0 radical (unpaired) electrons. The lowest BCUT2D eigenvalue weighted by Gasteiger charge is -2.41. The Morgan fingerprint density at radius 3 is 2.01 bits per heavy atom. The molecule has 0 spiro atoms. The van der Waals surface area contributed by atoms with Crippen LogP contribution in [0.15, 0.2) is 60.8 Å². The molecule has 25 heteroatoms. The topological polar surface area (TPSA) is 333 Å². The molecule has 0 bridgehead atoms. The Bertz CT molecular complexity index is 2940. The summed E-state index contributed by atoms with van der Waals surface area (Å²) in [5.41, 5.74) is 7.45. The van der Waals surface area contributed by atoms with Crippen LogP contribution in [0.2, 0.25) is 0 Å². The highest BCUT2D eigenvalue weighted by atomic mass is 16.6. The smallest absolute Gasteiger partial charge is 0.410 e. The number of nitrogens with zero attached hydrogens (tertiary/aromatic N) is 6. The van der Waals surface area contributed by atoms with Crippen LogP contribution in [0, 0.1) is 41.4 Å². The van der Waals surface area contributed by atoms with Crippen LogP contribution in [0.3, 0.4) is 0 Å². The van der Waals surface area contributed by atoms with E-state index in [0.29, 0.717) is 55.6 Å². The maximum atomic E-state index is 14.8. The van der Waals surface area contributed by atoms with Crippen molar-refractivity contribution in [2.45, 2.75) is 202 Å². The molecule has 7 N–H and O–H groups in total. The number of carbonyl (C=O) groups excluding carboxylic acids is 10. The van der Waals surface area contributed by atoms with Crippen molar-refractivity contribution in [3.05, 3.63) is 77.6 Å². The van der Waals surface area contributed by atoms with Gasteiger partial charge < -0.3 is 60.9 Å². The molecule has 0 aliphatic carbocycles. The number of carbonyl (C=O) groups is 10. The number of amides is 8. The number of aromatic nitrogens is 3. The van der Waals surface area contributed by atoms with Crippen LogP contribution < -0.4 is 27.0 Å². The van der Waals surface area contributed by atoms with E-state index in [1.54, 1.807) is 82.1 Å². The van der Waals surface area contributed by atoms with Crippen molar-refractivity contribution in [2.24, 2.45) is 47.2 Å². The lowest BCUT2D eigenvalue weighted by molar-refractivity contribution is -0.148. The molecule has 93 heavy (non-hydrogen) atoms. The molecular formula is C68H105N11O14. The van der Waals surface area contributed by atoms with E-state index in [2.05, 4.69) is 31.6 Å². The van der Waals surface area contributed by atoms with Crippen LogP contribution in [0.5, 0.6) is 0 Å². The van der Waals surface area contributed by atoms with E-state index in [1.165, 1.54) is 30.7 Å². The molecule has 25 nitrogen and oxygen atoms in total. The average Bonchev–Trinajstić information content (AvgIpc) is 1.84. The normalized spacial score (nSPS) is 16.8. The van der Waals surface area contributed by atoms with Crippen LogP contribution in [-0.2, 0) is 72.1 Å². The molecule has 0 saturated carbocycles. The monoisotopic (exact) mass is 1300 g/mol. The molecule has 516 valence electrons. The minimum atomic E-state index is -1.08.